The zero-order valence-corrected chi connectivity index (χ0v) is 10.3. The van der Waals surface area contributed by atoms with Crippen LogP contribution in [0.5, 0.6) is 5.75 Å². The molecular weight excluding hydrogens is 200 g/mol. The third-order valence-electron chi connectivity index (χ3n) is 3.10. The van der Waals surface area contributed by atoms with Gasteiger partial charge in [0.2, 0.25) is 0 Å². The highest BCUT2D eigenvalue weighted by Gasteiger charge is 2.18. The molecule has 16 heavy (non-hydrogen) atoms. The molecule has 88 valence electrons. The average molecular weight is 220 g/mol. The van der Waals surface area contributed by atoms with Crippen molar-refractivity contribution in [1.82, 2.24) is 5.32 Å². The first-order valence-corrected chi connectivity index (χ1v) is 5.84. The second-order valence-electron chi connectivity index (χ2n) is 4.45. The van der Waals surface area contributed by atoms with Gasteiger partial charge in [0.15, 0.2) is 0 Å². The minimum Gasteiger partial charge on any atom is -0.497 e. The zero-order valence-electron chi connectivity index (χ0n) is 10.3. The van der Waals surface area contributed by atoms with E-state index in [0.29, 0.717) is 6.04 Å². The third-order valence-corrected chi connectivity index (χ3v) is 3.10. The average Bonchev–Trinajstić information content (AvgIpc) is 2.28. The molecule has 1 aliphatic heterocycles. The van der Waals surface area contributed by atoms with Gasteiger partial charge in [0.05, 0.1) is 7.11 Å². The summed E-state index contributed by atoms with van der Waals surface area (Å²) < 4.78 is 5.32. The molecule has 1 aromatic carbocycles. The summed E-state index contributed by atoms with van der Waals surface area (Å²) in [5.41, 5.74) is 2.52. The van der Waals surface area contributed by atoms with Gasteiger partial charge in [0.25, 0.3) is 0 Å². The van der Waals surface area contributed by atoms with Crippen LogP contribution in [0.2, 0.25) is 0 Å². The SMILES string of the molecule is COc1cc(C)cc(N2CCNC[C@@H]2C)c1. The Kier molecular flexibility index (Phi) is 3.34. The largest absolute Gasteiger partial charge is 0.497 e. The fraction of sp³-hybridized carbons (Fsp3) is 0.538. The number of ether oxygens (including phenoxy) is 1. The van der Waals surface area contributed by atoms with E-state index in [1.165, 1.54) is 11.3 Å². The number of aryl methyl sites for hydroxylation is 1. The molecular formula is C13H20N2O. The van der Waals surface area contributed by atoms with Crippen LogP contribution in [0.25, 0.3) is 0 Å². The van der Waals surface area contributed by atoms with Crippen LogP contribution < -0.4 is 15.0 Å². The van der Waals surface area contributed by atoms with Crippen molar-refractivity contribution < 1.29 is 4.74 Å². The van der Waals surface area contributed by atoms with Crippen molar-refractivity contribution >= 4 is 5.69 Å². The molecule has 3 heteroatoms. The summed E-state index contributed by atoms with van der Waals surface area (Å²) in [6.07, 6.45) is 0. The summed E-state index contributed by atoms with van der Waals surface area (Å²) in [6, 6.07) is 6.95. The van der Waals surface area contributed by atoms with Gasteiger partial charge in [-0.3, -0.25) is 0 Å². The molecule has 1 N–H and O–H groups in total. The van der Waals surface area contributed by atoms with Gasteiger partial charge in [-0.05, 0) is 31.5 Å². The maximum absolute atomic E-state index is 5.32. The zero-order chi connectivity index (χ0) is 11.5. The molecule has 0 bridgehead atoms. The molecule has 1 heterocycles. The van der Waals surface area contributed by atoms with Gasteiger partial charge in [-0.15, -0.1) is 0 Å². The van der Waals surface area contributed by atoms with Gasteiger partial charge in [-0.25, -0.2) is 0 Å². The van der Waals surface area contributed by atoms with E-state index in [9.17, 15) is 0 Å². The highest BCUT2D eigenvalue weighted by Crippen LogP contribution is 2.25. The summed E-state index contributed by atoms with van der Waals surface area (Å²) in [6.45, 7) is 7.53. The van der Waals surface area contributed by atoms with Crippen LogP contribution in [0.15, 0.2) is 18.2 Å². The monoisotopic (exact) mass is 220 g/mol. The standard InChI is InChI=1S/C13H20N2O/c1-10-6-12(8-13(7-10)16-3)15-5-4-14-9-11(15)2/h6-8,11,14H,4-5,9H2,1-3H3/t11-/m0/s1. The first kappa shape index (κ1) is 11.3. The lowest BCUT2D eigenvalue weighted by atomic mass is 10.1. The number of benzene rings is 1. The Morgan fingerprint density at radius 3 is 2.88 bits per heavy atom. The Morgan fingerprint density at radius 1 is 1.38 bits per heavy atom. The van der Waals surface area contributed by atoms with Crippen molar-refractivity contribution in [3.05, 3.63) is 23.8 Å². The number of hydrogen-bond donors (Lipinski definition) is 1. The van der Waals surface area contributed by atoms with Crippen molar-refractivity contribution in [1.29, 1.82) is 0 Å². The van der Waals surface area contributed by atoms with Crippen molar-refractivity contribution in [2.45, 2.75) is 19.9 Å². The predicted molar refractivity (Wildman–Crippen MR) is 67.4 cm³/mol. The van der Waals surface area contributed by atoms with Crippen LogP contribution in [-0.2, 0) is 0 Å². The number of methoxy groups -OCH3 is 1. The maximum Gasteiger partial charge on any atom is 0.121 e. The summed E-state index contributed by atoms with van der Waals surface area (Å²) in [4.78, 5) is 2.44. The summed E-state index contributed by atoms with van der Waals surface area (Å²) in [7, 11) is 1.72. The van der Waals surface area contributed by atoms with Gasteiger partial charge in [-0.1, -0.05) is 0 Å². The van der Waals surface area contributed by atoms with E-state index in [1.54, 1.807) is 7.11 Å². The molecule has 1 fully saturated rings. The lowest BCUT2D eigenvalue weighted by molar-refractivity contribution is 0.414. The van der Waals surface area contributed by atoms with E-state index >= 15 is 0 Å². The Morgan fingerprint density at radius 2 is 2.19 bits per heavy atom. The van der Waals surface area contributed by atoms with Crippen LogP contribution in [0.4, 0.5) is 5.69 Å². The Bertz CT molecular complexity index is 365. The molecule has 0 spiro atoms. The van der Waals surface area contributed by atoms with E-state index in [1.807, 2.05) is 0 Å². The first-order chi connectivity index (χ1) is 7.70. The van der Waals surface area contributed by atoms with Crippen molar-refractivity contribution in [3.63, 3.8) is 0 Å². The van der Waals surface area contributed by atoms with Gasteiger partial charge in [0, 0.05) is 37.4 Å². The van der Waals surface area contributed by atoms with Crippen molar-refractivity contribution in [3.8, 4) is 5.75 Å². The van der Waals surface area contributed by atoms with Crippen molar-refractivity contribution in [2.75, 3.05) is 31.6 Å². The predicted octanol–water partition coefficient (Wildman–Crippen LogP) is 1.80. The van der Waals surface area contributed by atoms with E-state index in [4.69, 9.17) is 4.74 Å². The Balaban J connectivity index is 2.27. The summed E-state index contributed by atoms with van der Waals surface area (Å²) >= 11 is 0. The molecule has 0 radical (unpaired) electrons. The van der Waals surface area contributed by atoms with E-state index in [0.717, 1.165) is 25.4 Å². The molecule has 0 aromatic heterocycles. The van der Waals surface area contributed by atoms with Gasteiger partial charge in [-0.2, -0.15) is 0 Å². The molecule has 0 amide bonds. The fourth-order valence-electron chi connectivity index (χ4n) is 2.24. The number of piperazine rings is 1. The van der Waals surface area contributed by atoms with Crippen LogP contribution in [0.1, 0.15) is 12.5 Å². The number of nitrogens with one attached hydrogen (secondary N) is 1. The molecule has 0 aliphatic carbocycles. The molecule has 0 saturated carbocycles. The van der Waals surface area contributed by atoms with Gasteiger partial charge in [0.1, 0.15) is 5.75 Å². The summed E-state index contributed by atoms with van der Waals surface area (Å²) in [5.74, 6) is 0.945. The normalized spacial score (nSPS) is 20.9. The maximum atomic E-state index is 5.32. The first-order valence-electron chi connectivity index (χ1n) is 5.84. The minimum atomic E-state index is 0.542. The number of rotatable bonds is 2. The summed E-state index contributed by atoms with van der Waals surface area (Å²) in [5, 5.41) is 3.40. The highest BCUT2D eigenvalue weighted by molar-refractivity contribution is 5.54. The van der Waals surface area contributed by atoms with Crippen LogP contribution in [-0.4, -0.2) is 32.8 Å². The fourth-order valence-corrected chi connectivity index (χ4v) is 2.24. The molecule has 1 aromatic rings. The minimum absolute atomic E-state index is 0.542. The quantitative estimate of drug-likeness (QED) is 0.822. The van der Waals surface area contributed by atoms with Crippen LogP contribution >= 0.6 is 0 Å². The van der Waals surface area contributed by atoms with Gasteiger partial charge < -0.3 is 15.0 Å². The second-order valence-corrected chi connectivity index (χ2v) is 4.45. The Hall–Kier alpha value is -1.22. The highest BCUT2D eigenvalue weighted by atomic mass is 16.5. The molecule has 1 aliphatic rings. The molecule has 1 atom stereocenters. The molecule has 1 saturated heterocycles. The molecule has 0 unspecified atom stereocenters. The smallest absolute Gasteiger partial charge is 0.121 e. The van der Waals surface area contributed by atoms with E-state index in [-0.39, 0.29) is 0 Å². The number of nitrogens with zero attached hydrogens (tertiary/aromatic N) is 1. The van der Waals surface area contributed by atoms with Gasteiger partial charge >= 0.3 is 0 Å². The number of anilines is 1. The molecule has 3 nitrogen and oxygen atoms in total. The third kappa shape index (κ3) is 2.30. The van der Waals surface area contributed by atoms with E-state index < -0.39 is 0 Å². The number of hydrogen-bond acceptors (Lipinski definition) is 3. The molecule has 2 rings (SSSR count). The lowest BCUT2D eigenvalue weighted by Gasteiger charge is -2.36. The van der Waals surface area contributed by atoms with Crippen LogP contribution in [0.3, 0.4) is 0 Å². The van der Waals surface area contributed by atoms with Crippen molar-refractivity contribution in [2.24, 2.45) is 0 Å². The van der Waals surface area contributed by atoms with Crippen LogP contribution in [0, 0.1) is 6.92 Å². The second kappa shape index (κ2) is 4.74. The van der Waals surface area contributed by atoms with E-state index in [2.05, 4.69) is 42.3 Å². The Labute approximate surface area is 97.4 Å². The lowest BCUT2D eigenvalue weighted by Crippen LogP contribution is -2.49. The topological polar surface area (TPSA) is 24.5 Å².